The Balaban J connectivity index is 2.10. The minimum absolute atomic E-state index is 0.113. The number of urea groups is 1. The number of halogens is 3. The van der Waals surface area contributed by atoms with Gasteiger partial charge >= 0.3 is 12.2 Å². The molecule has 172 valence electrons. The molecular weight excluding hydrogens is 415 g/mol. The first kappa shape index (κ1) is 24.4. The van der Waals surface area contributed by atoms with Gasteiger partial charge in [-0.15, -0.1) is 0 Å². The molecule has 1 aromatic rings. The second-order valence-electron chi connectivity index (χ2n) is 7.82. The Morgan fingerprint density at radius 2 is 1.84 bits per heavy atom. The first-order valence-corrected chi connectivity index (χ1v) is 10.1. The van der Waals surface area contributed by atoms with E-state index in [4.69, 9.17) is 5.73 Å². The second-order valence-corrected chi connectivity index (χ2v) is 7.82. The molecule has 1 aliphatic carbocycles. The van der Waals surface area contributed by atoms with Gasteiger partial charge < -0.3 is 27.0 Å². The maximum atomic E-state index is 13.1. The molecular formula is C20H28F3N5O3. The van der Waals surface area contributed by atoms with E-state index in [0.717, 1.165) is 37.8 Å². The summed E-state index contributed by atoms with van der Waals surface area (Å²) in [5.74, 6) is -1.41. The SMILES string of the molecule is CC(C)NC(=O)Nc1ccc(C(F)(F)F)cc1C(=O)NCC(=O)N[C@H]1CCCC[C@H]1N. The number of alkyl halides is 3. The Morgan fingerprint density at radius 1 is 1.16 bits per heavy atom. The van der Waals surface area contributed by atoms with Crippen molar-refractivity contribution in [2.75, 3.05) is 11.9 Å². The molecule has 2 rings (SSSR count). The Kier molecular flexibility index (Phi) is 8.26. The number of amides is 4. The molecule has 0 unspecified atom stereocenters. The number of carbonyl (C=O) groups excluding carboxylic acids is 3. The lowest BCUT2D eigenvalue weighted by atomic mass is 9.91. The molecule has 4 amide bonds. The van der Waals surface area contributed by atoms with Crippen LogP contribution in [0.1, 0.15) is 55.5 Å². The number of hydrogen-bond acceptors (Lipinski definition) is 4. The minimum atomic E-state index is -4.68. The highest BCUT2D eigenvalue weighted by Crippen LogP contribution is 2.32. The van der Waals surface area contributed by atoms with Crippen LogP contribution in [0.4, 0.5) is 23.7 Å². The van der Waals surface area contributed by atoms with Gasteiger partial charge in [0.25, 0.3) is 5.91 Å². The maximum Gasteiger partial charge on any atom is 0.416 e. The van der Waals surface area contributed by atoms with Crippen LogP contribution in [0.2, 0.25) is 0 Å². The Bertz CT molecular complexity index is 814. The third kappa shape index (κ3) is 7.42. The summed E-state index contributed by atoms with van der Waals surface area (Å²) in [6.07, 6.45) is -1.24. The fraction of sp³-hybridized carbons (Fsp3) is 0.550. The summed E-state index contributed by atoms with van der Waals surface area (Å²) in [6, 6.07) is 1.12. The highest BCUT2D eigenvalue weighted by molar-refractivity contribution is 6.04. The summed E-state index contributed by atoms with van der Waals surface area (Å²) in [5, 5.41) is 9.93. The Hall–Kier alpha value is -2.82. The standard InChI is InChI=1S/C20H28F3N5O3/c1-11(2)26-19(31)28-15-8-7-12(20(21,22)23)9-13(15)18(30)25-10-17(29)27-16-6-4-3-5-14(16)24/h7-9,11,14,16H,3-6,10,24H2,1-2H3,(H,25,30)(H,27,29)(H2,26,28,31)/t14-,16+/m1/s1. The number of hydrogen-bond donors (Lipinski definition) is 5. The van der Waals surface area contributed by atoms with E-state index in [1.54, 1.807) is 13.8 Å². The Morgan fingerprint density at radius 3 is 2.45 bits per heavy atom. The summed E-state index contributed by atoms with van der Waals surface area (Å²) >= 11 is 0. The summed E-state index contributed by atoms with van der Waals surface area (Å²) in [4.78, 5) is 36.7. The highest BCUT2D eigenvalue weighted by Gasteiger charge is 2.32. The van der Waals surface area contributed by atoms with Gasteiger partial charge in [-0.3, -0.25) is 9.59 Å². The molecule has 31 heavy (non-hydrogen) atoms. The number of anilines is 1. The van der Waals surface area contributed by atoms with Crippen LogP contribution in [0.15, 0.2) is 18.2 Å². The van der Waals surface area contributed by atoms with E-state index in [9.17, 15) is 27.6 Å². The molecule has 0 saturated heterocycles. The quantitative estimate of drug-likeness (QED) is 0.463. The molecule has 8 nitrogen and oxygen atoms in total. The van der Waals surface area contributed by atoms with Crippen LogP contribution in [0.3, 0.4) is 0 Å². The van der Waals surface area contributed by atoms with E-state index in [1.165, 1.54) is 0 Å². The van der Waals surface area contributed by atoms with Crippen LogP contribution in [-0.2, 0) is 11.0 Å². The average Bonchev–Trinajstić information content (AvgIpc) is 2.66. The molecule has 0 radical (unpaired) electrons. The molecule has 0 aromatic heterocycles. The van der Waals surface area contributed by atoms with Crippen molar-refractivity contribution in [1.29, 1.82) is 0 Å². The zero-order valence-corrected chi connectivity index (χ0v) is 17.4. The molecule has 6 N–H and O–H groups in total. The van der Waals surface area contributed by atoms with Crippen LogP contribution in [-0.4, -0.2) is 42.5 Å². The van der Waals surface area contributed by atoms with Crippen molar-refractivity contribution in [3.63, 3.8) is 0 Å². The van der Waals surface area contributed by atoms with Crippen LogP contribution in [0.25, 0.3) is 0 Å². The predicted octanol–water partition coefficient (Wildman–Crippen LogP) is 2.35. The van der Waals surface area contributed by atoms with E-state index < -0.39 is 41.7 Å². The van der Waals surface area contributed by atoms with Crippen LogP contribution in [0, 0.1) is 0 Å². The smallest absolute Gasteiger partial charge is 0.350 e. The molecule has 1 aliphatic rings. The van der Waals surface area contributed by atoms with Crippen molar-refractivity contribution < 1.29 is 27.6 Å². The van der Waals surface area contributed by atoms with Crippen molar-refractivity contribution in [1.82, 2.24) is 16.0 Å². The third-order valence-corrected chi connectivity index (χ3v) is 4.83. The van der Waals surface area contributed by atoms with Gasteiger partial charge in [0, 0.05) is 18.1 Å². The molecule has 1 fully saturated rings. The molecule has 2 atom stereocenters. The van der Waals surface area contributed by atoms with Crippen LogP contribution < -0.4 is 27.0 Å². The zero-order chi connectivity index (χ0) is 23.2. The third-order valence-electron chi connectivity index (χ3n) is 4.83. The number of benzene rings is 1. The van der Waals surface area contributed by atoms with Crippen molar-refractivity contribution in [3.05, 3.63) is 29.3 Å². The lowest BCUT2D eigenvalue weighted by molar-refractivity contribution is -0.137. The summed E-state index contributed by atoms with van der Waals surface area (Å²) in [5.41, 5.74) is 4.41. The number of carbonyl (C=O) groups is 3. The second kappa shape index (κ2) is 10.5. The van der Waals surface area contributed by atoms with E-state index in [1.807, 2.05) is 0 Å². The Labute approximate surface area is 178 Å². The molecule has 1 saturated carbocycles. The van der Waals surface area contributed by atoms with Gasteiger partial charge in [-0.05, 0) is 44.9 Å². The first-order valence-electron chi connectivity index (χ1n) is 10.1. The fourth-order valence-corrected chi connectivity index (χ4v) is 3.29. The molecule has 1 aromatic carbocycles. The van der Waals surface area contributed by atoms with Gasteiger partial charge in [0.15, 0.2) is 0 Å². The van der Waals surface area contributed by atoms with Crippen molar-refractivity contribution in [2.45, 2.75) is 63.8 Å². The minimum Gasteiger partial charge on any atom is -0.350 e. The summed E-state index contributed by atoms with van der Waals surface area (Å²) in [6.45, 7) is 2.98. The van der Waals surface area contributed by atoms with E-state index in [0.29, 0.717) is 6.07 Å². The van der Waals surface area contributed by atoms with Gasteiger partial charge in [-0.1, -0.05) is 12.8 Å². The average molecular weight is 443 g/mol. The zero-order valence-electron chi connectivity index (χ0n) is 17.4. The summed E-state index contributed by atoms with van der Waals surface area (Å²) < 4.78 is 39.3. The molecule has 0 bridgehead atoms. The van der Waals surface area contributed by atoms with Gasteiger partial charge in [0.05, 0.1) is 23.4 Å². The van der Waals surface area contributed by atoms with Gasteiger partial charge in [-0.25, -0.2) is 4.79 Å². The summed E-state index contributed by atoms with van der Waals surface area (Å²) in [7, 11) is 0. The normalized spacial score (nSPS) is 18.9. The number of nitrogens with one attached hydrogen (secondary N) is 4. The lowest BCUT2D eigenvalue weighted by Gasteiger charge is -2.29. The van der Waals surface area contributed by atoms with Gasteiger partial charge in [-0.2, -0.15) is 13.2 Å². The molecule has 0 spiro atoms. The monoisotopic (exact) mass is 443 g/mol. The van der Waals surface area contributed by atoms with Crippen LogP contribution >= 0.6 is 0 Å². The van der Waals surface area contributed by atoms with Gasteiger partial charge in [0.1, 0.15) is 0 Å². The lowest BCUT2D eigenvalue weighted by Crippen LogP contribution is -2.51. The maximum absolute atomic E-state index is 13.1. The first-order chi connectivity index (χ1) is 14.5. The van der Waals surface area contributed by atoms with Crippen molar-refractivity contribution in [2.24, 2.45) is 5.73 Å². The fourth-order valence-electron chi connectivity index (χ4n) is 3.29. The molecule has 0 aliphatic heterocycles. The number of nitrogens with two attached hydrogens (primary N) is 1. The molecule has 11 heteroatoms. The van der Waals surface area contributed by atoms with Crippen LogP contribution in [0.5, 0.6) is 0 Å². The van der Waals surface area contributed by atoms with Crippen molar-refractivity contribution in [3.8, 4) is 0 Å². The van der Waals surface area contributed by atoms with Crippen molar-refractivity contribution >= 4 is 23.5 Å². The van der Waals surface area contributed by atoms with E-state index >= 15 is 0 Å². The number of rotatable bonds is 6. The predicted molar refractivity (Wildman–Crippen MR) is 109 cm³/mol. The van der Waals surface area contributed by atoms with Gasteiger partial charge in [0.2, 0.25) is 5.91 Å². The topological polar surface area (TPSA) is 125 Å². The van der Waals surface area contributed by atoms with E-state index in [2.05, 4.69) is 21.3 Å². The molecule has 0 heterocycles. The highest BCUT2D eigenvalue weighted by atomic mass is 19.4. The van der Waals surface area contributed by atoms with E-state index in [-0.39, 0.29) is 23.8 Å². The largest absolute Gasteiger partial charge is 0.416 e.